The summed E-state index contributed by atoms with van der Waals surface area (Å²) >= 11 is 7.98. The minimum atomic E-state index is 0.433. The molecule has 1 heterocycles. The van der Waals surface area contributed by atoms with Crippen molar-refractivity contribution in [2.45, 2.75) is 19.4 Å². The molecular formula is C11H19ClN4S. The molecule has 0 aliphatic carbocycles. The number of rotatable bonds is 6. The molecule has 0 saturated heterocycles. The highest BCUT2D eigenvalue weighted by Gasteiger charge is 2.17. The lowest BCUT2D eigenvalue weighted by Gasteiger charge is -2.28. The molecule has 0 aromatic carbocycles. The molecule has 1 N–H and O–H groups in total. The molecular weight excluding hydrogens is 256 g/mol. The van der Waals surface area contributed by atoms with Crippen LogP contribution in [0.2, 0.25) is 5.02 Å². The molecule has 0 aliphatic rings. The Morgan fingerprint density at radius 1 is 1.59 bits per heavy atom. The van der Waals surface area contributed by atoms with Crippen LogP contribution < -0.4 is 10.2 Å². The van der Waals surface area contributed by atoms with E-state index in [-0.39, 0.29) is 0 Å². The lowest BCUT2D eigenvalue weighted by Crippen LogP contribution is -2.34. The van der Waals surface area contributed by atoms with Gasteiger partial charge in [-0.2, -0.15) is 16.7 Å². The summed E-state index contributed by atoms with van der Waals surface area (Å²) in [7, 11) is 3.82. The fourth-order valence-electron chi connectivity index (χ4n) is 1.59. The van der Waals surface area contributed by atoms with Crippen molar-refractivity contribution < 1.29 is 0 Å². The van der Waals surface area contributed by atoms with Crippen LogP contribution >= 0.6 is 23.4 Å². The van der Waals surface area contributed by atoms with Crippen molar-refractivity contribution in [3.8, 4) is 0 Å². The van der Waals surface area contributed by atoms with Crippen molar-refractivity contribution in [1.29, 1.82) is 0 Å². The monoisotopic (exact) mass is 274 g/mol. The zero-order chi connectivity index (χ0) is 12.8. The summed E-state index contributed by atoms with van der Waals surface area (Å²) in [6, 6.07) is 0.433. The number of hydrogen-bond acceptors (Lipinski definition) is 5. The molecule has 1 aromatic rings. The molecule has 1 atom stereocenters. The number of anilines is 2. The topological polar surface area (TPSA) is 41.1 Å². The fourth-order valence-corrected chi connectivity index (χ4v) is 2.66. The van der Waals surface area contributed by atoms with Gasteiger partial charge in [-0.1, -0.05) is 18.5 Å². The second-order valence-electron chi connectivity index (χ2n) is 3.74. The van der Waals surface area contributed by atoms with Crippen molar-refractivity contribution in [1.82, 2.24) is 9.97 Å². The van der Waals surface area contributed by atoms with Gasteiger partial charge >= 0.3 is 0 Å². The van der Waals surface area contributed by atoms with Gasteiger partial charge in [0.1, 0.15) is 5.02 Å². The van der Waals surface area contributed by atoms with E-state index in [9.17, 15) is 0 Å². The first-order valence-electron chi connectivity index (χ1n) is 5.56. The normalized spacial score (nSPS) is 12.3. The van der Waals surface area contributed by atoms with Crippen LogP contribution in [0.15, 0.2) is 6.20 Å². The van der Waals surface area contributed by atoms with Gasteiger partial charge in [-0.3, -0.25) is 0 Å². The molecule has 0 bridgehead atoms. The Morgan fingerprint density at radius 3 is 2.82 bits per heavy atom. The summed E-state index contributed by atoms with van der Waals surface area (Å²) in [5.41, 5.74) is 0. The van der Waals surface area contributed by atoms with Crippen molar-refractivity contribution in [2.24, 2.45) is 0 Å². The number of halogens is 1. The van der Waals surface area contributed by atoms with E-state index < -0.39 is 0 Å². The van der Waals surface area contributed by atoms with Crippen LogP contribution in [0.1, 0.15) is 13.3 Å². The molecule has 1 aromatic heterocycles. The Balaban J connectivity index is 2.96. The Labute approximate surface area is 112 Å². The van der Waals surface area contributed by atoms with Crippen LogP contribution in [-0.4, -0.2) is 42.1 Å². The molecule has 0 aliphatic heterocycles. The minimum Gasteiger partial charge on any atom is -0.357 e. The highest BCUT2D eigenvalue weighted by molar-refractivity contribution is 7.98. The van der Waals surface area contributed by atoms with E-state index in [0.29, 0.717) is 17.0 Å². The summed E-state index contributed by atoms with van der Waals surface area (Å²) in [5.74, 6) is 2.43. The second-order valence-corrected chi connectivity index (χ2v) is 5.06. The Bertz CT molecular complexity index is 361. The van der Waals surface area contributed by atoms with Crippen LogP contribution in [0, 0.1) is 0 Å². The molecule has 0 fully saturated rings. The predicted molar refractivity (Wildman–Crippen MR) is 77.5 cm³/mol. The van der Waals surface area contributed by atoms with Gasteiger partial charge in [0.2, 0.25) is 5.95 Å². The standard InChI is InChI=1S/C11H19ClN4S/c1-5-8(7-17-4)16(3)10-9(12)6-14-11(13-2)15-10/h6,8H,5,7H2,1-4H3,(H,13,14,15). The van der Waals surface area contributed by atoms with E-state index in [4.69, 9.17) is 11.6 Å². The first-order chi connectivity index (χ1) is 8.13. The minimum absolute atomic E-state index is 0.433. The predicted octanol–water partition coefficient (Wildman–Crippen LogP) is 2.75. The van der Waals surface area contributed by atoms with E-state index in [0.717, 1.165) is 18.0 Å². The lowest BCUT2D eigenvalue weighted by molar-refractivity contribution is 0.665. The molecule has 6 heteroatoms. The Kier molecular flexibility index (Phi) is 5.85. The van der Waals surface area contributed by atoms with Gasteiger partial charge in [0.05, 0.1) is 6.20 Å². The lowest BCUT2D eigenvalue weighted by atomic mass is 10.2. The fraction of sp³-hybridized carbons (Fsp3) is 0.636. The van der Waals surface area contributed by atoms with Gasteiger partial charge in [-0.15, -0.1) is 0 Å². The van der Waals surface area contributed by atoms with Gasteiger partial charge in [0.25, 0.3) is 0 Å². The SMILES string of the molecule is CCC(CSC)N(C)c1nc(NC)ncc1Cl. The maximum Gasteiger partial charge on any atom is 0.224 e. The highest BCUT2D eigenvalue weighted by atomic mass is 35.5. The zero-order valence-corrected chi connectivity index (χ0v) is 12.3. The van der Waals surface area contributed by atoms with Crippen molar-refractivity contribution >= 4 is 35.1 Å². The number of hydrogen-bond donors (Lipinski definition) is 1. The molecule has 0 radical (unpaired) electrons. The molecule has 96 valence electrons. The maximum absolute atomic E-state index is 6.15. The summed E-state index contributed by atoms with van der Waals surface area (Å²) in [5, 5.41) is 3.51. The second kappa shape index (κ2) is 6.91. The highest BCUT2D eigenvalue weighted by Crippen LogP contribution is 2.25. The molecule has 0 spiro atoms. The van der Waals surface area contributed by atoms with Crippen molar-refractivity contribution in [3.63, 3.8) is 0 Å². The summed E-state index contributed by atoms with van der Waals surface area (Å²) in [4.78, 5) is 10.6. The molecule has 1 rings (SSSR count). The van der Waals surface area contributed by atoms with Crippen molar-refractivity contribution in [3.05, 3.63) is 11.2 Å². The van der Waals surface area contributed by atoms with Crippen LogP contribution in [0.3, 0.4) is 0 Å². The van der Waals surface area contributed by atoms with Gasteiger partial charge in [0.15, 0.2) is 5.82 Å². The molecule has 4 nitrogen and oxygen atoms in total. The Hall–Kier alpha value is -0.680. The number of aromatic nitrogens is 2. The molecule has 0 saturated carbocycles. The number of thioether (sulfide) groups is 1. The van der Waals surface area contributed by atoms with Crippen molar-refractivity contribution in [2.75, 3.05) is 36.3 Å². The Morgan fingerprint density at radius 2 is 2.29 bits per heavy atom. The molecule has 17 heavy (non-hydrogen) atoms. The van der Waals surface area contributed by atoms with Crippen LogP contribution in [-0.2, 0) is 0 Å². The van der Waals surface area contributed by atoms with E-state index in [1.807, 2.05) is 18.8 Å². The van der Waals surface area contributed by atoms with Gasteiger partial charge < -0.3 is 10.2 Å². The summed E-state index contributed by atoms with van der Waals surface area (Å²) < 4.78 is 0. The third kappa shape index (κ3) is 3.64. The van der Waals surface area contributed by atoms with Crippen LogP contribution in [0.25, 0.3) is 0 Å². The maximum atomic E-state index is 6.15. The third-order valence-electron chi connectivity index (χ3n) is 2.66. The third-order valence-corrected chi connectivity index (χ3v) is 3.65. The molecule has 1 unspecified atom stereocenters. The summed E-state index contributed by atoms with van der Waals surface area (Å²) in [6.07, 6.45) is 4.81. The van der Waals surface area contributed by atoms with Gasteiger partial charge in [-0.25, -0.2) is 4.98 Å². The first-order valence-corrected chi connectivity index (χ1v) is 7.33. The van der Waals surface area contributed by atoms with E-state index in [1.54, 1.807) is 13.2 Å². The molecule has 0 amide bonds. The average Bonchev–Trinajstić information content (AvgIpc) is 2.35. The first kappa shape index (κ1) is 14.4. The van der Waals surface area contributed by atoms with E-state index >= 15 is 0 Å². The van der Waals surface area contributed by atoms with E-state index in [2.05, 4.69) is 33.4 Å². The largest absolute Gasteiger partial charge is 0.357 e. The number of nitrogens with one attached hydrogen (secondary N) is 1. The summed E-state index contributed by atoms with van der Waals surface area (Å²) in [6.45, 7) is 2.17. The average molecular weight is 275 g/mol. The van der Waals surface area contributed by atoms with Gasteiger partial charge in [-0.05, 0) is 12.7 Å². The van der Waals surface area contributed by atoms with Gasteiger partial charge in [0, 0.05) is 25.9 Å². The quantitative estimate of drug-likeness (QED) is 0.864. The number of nitrogens with zero attached hydrogens (tertiary/aromatic N) is 3. The van der Waals surface area contributed by atoms with E-state index in [1.165, 1.54) is 0 Å². The smallest absolute Gasteiger partial charge is 0.224 e. The van der Waals surface area contributed by atoms with Crippen LogP contribution in [0.4, 0.5) is 11.8 Å². The van der Waals surface area contributed by atoms with Crippen LogP contribution in [0.5, 0.6) is 0 Å². The zero-order valence-electron chi connectivity index (χ0n) is 10.7.